The van der Waals surface area contributed by atoms with Gasteiger partial charge in [0.25, 0.3) is 0 Å². The van der Waals surface area contributed by atoms with Crippen molar-refractivity contribution in [2.45, 2.75) is 40.2 Å². The van der Waals surface area contributed by atoms with E-state index in [0.29, 0.717) is 38.7 Å². The number of carbonyl (C=O) groups is 2. The minimum Gasteiger partial charge on any atom is -0.450 e. The number of hydrogen-bond donors (Lipinski definition) is 2. The summed E-state index contributed by atoms with van der Waals surface area (Å²) in [4.78, 5) is 31.8. The van der Waals surface area contributed by atoms with Crippen LogP contribution in [0.1, 0.15) is 34.6 Å². The number of ether oxygens (including phenoxy) is 1. The molecule has 0 atom stereocenters. The van der Waals surface area contributed by atoms with Crippen molar-refractivity contribution in [3.8, 4) is 0 Å². The van der Waals surface area contributed by atoms with Gasteiger partial charge in [-0.25, -0.2) is 9.79 Å². The van der Waals surface area contributed by atoms with Gasteiger partial charge in [-0.3, -0.25) is 4.79 Å². The number of hydrogen-bond acceptors (Lipinski definition) is 4. The number of piperazine rings is 1. The molecule has 1 heterocycles. The Morgan fingerprint density at radius 2 is 1.67 bits per heavy atom. The monoisotopic (exact) mass is 341 g/mol. The summed E-state index contributed by atoms with van der Waals surface area (Å²) >= 11 is 0. The van der Waals surface area contributed by atoms with Crippen LogP contribution in [0.3, 0.4) is 0 Å². The van der Waals surface area contributed by atoms with Crippen LogP contribution < -0.4 is 10.6 Å². The standard InChI is InChI=1S/C16H31N5O3/c1-6-17-14(18-12-13(22)19-16(3,4)5)20-8-10-21(11-9-20)15(23)24-7-2/h6-12H2,1-5H3,(H,17,18)(H,19,22). The highest BCUT2D eigenvalue weighted by Gasteiger charge is 2.24. The van der Waals surface area contributed by atoms with Gasteiger partial charge in [-0.05, 0) is 34.6 Å². The van der Waals surface area contributed by atoms with Crippen LogP contribution in [-0.2, 0) is 9.53 Å². The van der Waals surface area contributed by atoms with Crippen molar-refractivity contribution in [3.63, 3.8) is 0 Å². The van der Waals surface area contributed by atoms with E-state index in [1.165, 1.54) is 0 Å². The maximum absolute atomic E-state index is 11.9. The molecule has 0 aromatic heterocycles. The third-order valence-corrected chi connectivity index (χ3v) is 3.33. The Hall–Kier alpha value is -1.99. The van der Waals surface area contributed by atoms with E-state index in [4.69, 9.17) is 4.74 Å². The molecule has 0 aliphatic carbocycles. The second-order valence-corrected chi connectivity index (χ2v) is 6.64. The first-order valence-electron chi connectivity index (χ1n) is 8.52. The summed E-state index contributed by atoms with van der Waals surface area (Å²) in [5.41, 5.74) is -0.268. The molecule has 1 aliphatic rings. The predicted octanol–water partition coefficient (Wildman–Crippen LogP) is 0.641. The fourth-order valence-electron chi connectivity index (χ4n) is 2.35. The molecule has 8 nitrogen and oxygen atoms in total. The van der Waals surface area contributed by atoms with Gasteiger partial charge in [-0.15, -0.1) is 0 Å². The molecule has 1 rings (SSSR count). The predicted molar refractivity (Wildman–Crippen MR) is 94.0 cm³/mol. The Balaban J connectivity index is 2.58. The lowest BCUT2D eigenvalue weighted by atomic mass is 10.1. The number of carbonyl (C=O) groups excluding carboxylic acids is 2. The molecule has 1 aliphatic heterocycles. The first kappa shape index (κ1) is 20.1. The fourth-order valence-corrected chi connectivity index (χ4v) is 2.35. The van der Waals surface area contributed by atoms with Crippen molar-refractivity contribution in [1.82, 2.24) is 20.4 Å². The number of guanidine groups is 1. The van der Waals surface area contributed by atoms with E-state index in [9.17, 15) is 9.59 Å². The van der Waals surface area contributed by atoms with Crippen molar-refractivity contribution in [2.24, 2.45) is 4.99 Å². The largest absolute Gasteiger partial charge is 0.450 e. The van der Waals surface area contributed by atoms with E-state index in [-0.39, 0.29) is 24.1 Å². The van der Waals surface area contributed by atoms with E-state index in [2.05, 4.69) is 20.5 Å². The summed E-state index contributed by atoms with van der Waals surface area (Å²) in [6.45, 7) is 13.3. The number of nitrogens with one attached hydrogen (secondary N) is 2. The van der Waals surface area contributed by atoms with Crippen LogP contribution in [0.25, 0.3) is 0 Å². The zero-order valence-electron chi connectivity index (χ0n) is 15.5. The molecule has 0 saturated carbocycles. The topological polar surface area (TPSA) is 86.3 Å². The van der Waals surface area contributed by atoms with Crippen molar-refractivity contribution in [1.29, 1.82) is 0 Å². The lowest BCUT2D eigenvalue weighted by Gasteiger charge is -2.35. The Kier molecular flexibility index (Phi) is 7.81. The van der Waals surface area contributed by atoms with E-state index in [1.807, 2.05) is 27.7 Å². The van der Waals surface area contributed by atoms with E-state index < -0.39 is 0 Å². The summed E-state index contributed by atoms with van der Waals surface area (Å²) in [5.74, 6) is 0.591. The maximum atomic E-state index is 11.9. The van der Waals surface area contributed by atoms with Crippen molar-refractivity contribution >= 4 is 18.0 Å². The molecule has 0 bridgehead atoms. The molecule has 1 fully saturated rings. The van der Waals surface area contributed by atoms with Crippen molar-refractivity contribution in [3.05, 3.63) is 0 Å². The average molecular weight is 341 g/mol. The summed E-state index contributed by atoms with van der Waals surface area (Å²) in [6, 6.07) is 0. The maximum Gasteiger partial charge on any atom is 0.409 e. The molecule has 0 radical (unpaired) electrons. The zero-order valence-corrected chi connectivity index (χ0v) is 15.5. The van der Waals surface area contributed by atoms with Crippen LogP contribution in [0.5, 0.6) is 0 Å². The van der Waals surface area contributed by atoms with Crippen LogP contribution in [0.15, 0.2) is 4.99 Å². The molecular formula is C16H31N5O3. The van der Waals surface area contributed by atoms with Crippen LogP contribution in [0, 0.1) is 0 Å². The average Bonchev–Trinajstić information content (AvgIpc) is 2.50. The van der Waals surface area contributed by atoms with Crippen LogP contribution in [-0.4, -0.2) is 79.2 Å². The highest BCUT2D eigenvalue weighted by molar-refractivity contribution is 5.85. The SMILES string of the molecule is CCNC(=NCC(=O)NC(C)(C)C)N1CCN(C(=O)OCC)CC1. The van der Waals surface area contributed by atoms with Crippen LogP contribution in [0.4, 0.5) is 4.79 Å². The Labute approximate surface area is 144 Å². The third kappa shape index (κ3) is 7.06. The number of amides is 2. The molecule has 2 N–H and O–H groups in total. The van der Waals surface area contributed by atoms with Gasteiger partial charge in [0, 0.05) is 38.3 Å². The van der Waals surface area contributed by atoms with E-state index >= 15 is 0 Å². The second-order valence-electron chi connectivity index (χ2n) is 6.64. The molecule has 1 saturated heterocycles. The third-order valence-electron chi connectivity index (χ3n) is 3.33. The Morgan fingerprint density at radius 3 is 2.17 bits per heavy atom. The lowest BCUT2D eigenvalue weighted by Crippen LogP contribution is -2.54. The molecule has 0 unspecified atom stereocenters. The first-order chi connectivity index (χ1) is 11.3. The normalized spacial score (nSPS) is 16.0. The second kappa shape index (κ2) is 9.34. The summed E-state index contributed by atoms with van der Waals surface area (Å²) in [7, 11) is 0. The van der Waals surface area contributed by atoms with Gasteiger partial charge in [0.05, 0.1) is 6.61 Å². The minimum absolute atomic E-state index is 0.0810. The summed E-state index contributed by atoms with van der Waals surface area (Å²) < 4.78 is 5.02. The quantitative estimate of drug-likeness (QED) is 0.579. The smallest absolute Gasteiger partial charge is 0.409 e. The van der Waals surface area contributed by atoms with Gasteiger partial charge in [0.1, 0.15) is 6.54 Å². The lowest BCUT2D eigenvalue weighted by molar-refractivity contribution is -0.121. The molecule has 0 aromatic rings. The highest BCUT2D eigenvalue weighted by Crippen LogP contribution is 2.05. The number of rotatable bonds is 4. The minimum atomic E-state index is -0.274. The fraction of sp³-hybridized carbons (Fsp3) is 0.812. The molecule has 2 amide bonds. The molecule has 138 valence electrons. The van der Waals surface area contributed by atoms with Gasteiger partial charge < -0.3 is 25.2 Å². The molecule has 8 heteroatoms. The van der Waals surface area contributed by atoms with Crippen molar-refractivity contribution in [2.75, 3.05) is 45.9 Å². The first-order valence-corrected chi connectivity index (χ1v) is 8.52. The van der Waals surface area contributed by atoms with Gasteiger partial charge in [0.2, 0.25) is 5.91 Å². The van der Waals surface area contributed by atoms with Crippen LogP contribution in [0.2, 0.25) is 0 Å². The van der Waals surface area contributed by atoms with E-state index in [1.54, 1.807) is 11.8 Å². The van der Waals surface area contributed by atoms with Gasteiger partial charge in [-0.1, -0.05) is 0 Å². The summed E-state index contributed by atoms with van der Waals surface area (Å²) in [6.07, 6.45) is -0.274. The van der Waals surface area contributed by atoms with E-state index in [0.717, 1.165) is 6.54 Å². The number of aliphatic imine (C=N–C) groups is 1. The molecule has 0 spiro atoms. The number of nitrogens with zero attached hydrogens (tertiary/aromatic N) is 3. The Morgan fingerprint density at radius 1 is 1.08 bits per heavy atom. The summed E-state index contributed by atoms with van der Waals surface area (Å²) in [5, 5.41) is 6.09. The van der Waals surface area contributed by atoms with Crippen LogP contribution >= 0.6 is 0 Å². The van der Waals surface area contributed by atoms with Crippen molar-refractivity contribution < 1.29 is 14.3 Å². The molecule has 0 aromatic carbocycles. The highest BCUT2D eigenvalue weighted by atomic mass is 16.6. The van der Waals surface area contributed by atoms with Gasteiger partial charge in [0.15, 0.2) is 5.96 Å². The Bertz CT molecular complexity index is 451. The molecule has 24 heavy (non-hydrogen) atoms. The zero-order chi connectivity index (χ0) is 18.2. The van der Waals surface area contributed by atoms with Gasteiger partial charge in [-0.2, -0.15) is 0 Å². The van der Waals surface area contributed by atoms with Gasteiger partial charge >= 0.3 is 6.09 Å². The molecular weight excluding hydrogens is 310 g/mol.